The molecule has 4 rings (SSSR count). The van der Waals surface area contributed by atoms with Crippen molar-refractivity contribution in [3.05, 3.63) is 11.6 Å². The van der Waals surface area contributed by atoms with Gasteiger partial charge in [0, 0.05) is 11.8 Å². The molecule has 0 aromatic carbocycles. The molecule has 0 unspecified atom stereocenters. The van der Waals surface area contributed by atoms with Crippen molar-refractivity contribution in [3.63, 3.8) is 0 Å². The summed E-state index contributed by atoms with van der Waals surface area (Å²) >= 11 is 0. The van der Waals surface area contributed by atoms with E-state index in [0.29, 0.717) is 12.3 Å². The van der Waals surface area contributed by atoms with E-state index in [4.69, 9.17) is 0 Å². The second-order valence-electron chi connectivity index (χ2n) is 6.43. The second-order valence-corrected chi connectivity index (χ2v) is 6.43. The lowest BCUT2D eigenvalue weighted by Gasteiger charge is -2.44. The number of hydrogen-bond acceptors (Lipinski definition) is 2. The van der Waals surface area contributed by atoms with E-state index in [1.54, 1.807) is 0 Å². The Kier molecular flexibility index (Phi) is 1.71. The van der Waals surface area contributed by atoms with Gasteiger partial charge in [0.2, 0.25) is 0 Å². The molecule has 0 amide bonds. The van der Waals surface area contributed by atoms with Crippen LogP contribution in [0.1, 0.15) is 40.0 Å². The Hall–Kier alpha value is -0.920. The van der Waals surface area contributed by atoms with Crippen LogP contribution in [-0.2, 0) is 9.59 Å². The number of allylic oxidation sites excluding steroid dienone is 2. The molecule has 2 fully saturated rings. The molecule has 4 aliphatic carbocycles. The lowest BCUT2D eigenvalue weighted by molar-refractivity contribution is -0.144. The monoisotopic (exact) mass is 218 g/mol. The third kappa shape index (κ3) is 0.939. The van der Waals surface area contributed by atoms with Gasteiger partial charge in [-0.2, -0.15) is 0 Å². The van der Waals surface area contributed by atoms with E-state index < -0.39 is 5.41 Å². The molecule has 0 heterocycles. The lowest BCUT2D eigenvalue weighted by atomic mass is 9.57. The van der Waals surface area contributed by atoms with E-state index >= 15 is 0 Å². The number of rotatable bonds is 0. The van der Waals surface area contributed by atoms with Crippen LogP contribution in [0.3, 0.4) is 0 Å². The third-order valence-corrected chi connectivity index (χ3v) is 4.95. The fraction of sp³-hybridized carbons (Fsp3) is 0.714. The maximum Gasteiger partial charge on any atom is 0.156 e. The summed E-state index contributed by atoms with van der Waals surface area (Å²) in [4.78, 5) is 24.8. The number of carbonyl (C=O) groups excluding carboxylic acids is 2. The van der Waals surface area contributed by atoms with Crippen molar-refractivity contribution in [3.8, 4) is 0 Å². The number of Topliss-reactive ketones (excluding diaryl/α,β-unsaturated/α-hetero) is 2. The Morgan fingerprint density at radius 2 is 2.00 bits per heavy atom. The molecule has 2 saturated carbocycles. The molecule has 0 aliphatic heterocycles. The molecule has 3 atom stereocenters. The van der Waals surface area contributed by atoms with Crippen molar-refractivity contribution in [2.45, 2.75) is 40.0 Å². The van der Waals surface area contributed by atoms with Gasteiger partial charge in [0.15, 0.2) is 11.6 Å². The minimum absolute atomic E-state index is 0.174. The second kappa shape index (κ2) is 2.66. The van der Waals surface area contributed by atoms with Crippen LogP contribution in [0.2, 0.25) is 0 Å². The first-order chi connectivity index (χ1) is 7.38. The highest BCUT2D eigenvalue weighted by Gasteiger charge is 2.64. The fourth-order valence-corrected chi connectivity index (χ4v) is 4.15. The van der Waals surface area contributed by atoms with Gasteiger partial charge < -0.3 is 0 Å². The van der Waals surface area contributed by atoms with Crippen LogP contribution in [0.5, 0.6) is 0 Å². The molecule has 16 heavy (non-hydrogen) atoms. The Bertz CT molecular complexity index is 430. The molecule has 0 saturated heterocycles. The van der Waals surface area contributed by atoms with Crippen LogP contribution in [0.25, 0.3) is 0 Å². The fourth-order valence-electron chi connectivity index (χ4n) is 4.15. The third-order valence-electron chi connectivity index (χ3n) is 4.95. The Morgan fingerprint density at radius 1 is 1.31 bits per heavy atom. The maximum absolute atomic E-state index is 12.5. The first-order valence-electron chi connectivity index (χ1n) is 6.15. The van der Waals surface area contributed by atoms with Gasteiger partial charge >= 0.3 is 0 Å². The molecule has 2 bridgehead atoms. The molecule has 86 valence electrons. The van der Waals surface area contributed by atoms with Crippen molar-refractivity contribution in [1.82, 2.24) is 0 Å². The van der Waals surface area contributed by atoms with Crippen molar-refractivity contribution in [1.29, 1.82) is 0 Å². The first kappa shape index (κ1) is 10.2. The summed E-state index contributed by atoms with van der Waals surface area (Å²) in [6, 6.07) is 0. The number of hydrogen-bond donors (Lipinski definition) is 0. The molecule has 0 N–H and O–H groups in total. The average Bonchev–Trinajstić information content (AvgIpc) is 2.38. The van der Waals surface area contributed by atoms with Crippen molar-refractivity contribution < 1.29 is 9.59 Å². The number of fused-ring (bicyclic) bond motifs is 1. The molecule has 2 heteroatoms. The SMILES string of the molecule is CC1=C[C@]23C(=O)C[C@H]1C[C@@H]2CC(C)(C)C3=O. The summed E-state index contributed by atoms with van der Waals surface area (Å²) < 4.78 is 0. The van der Waals surface area contributed by atoms with Crippen molar-refractivity contribution in [2.75, 3.05) is 0 Å². The zero-order chi connectivity index (χ0) is 11.7. The van der Waals surface area contributed by atoms with E-state index in [9.17, 15) is 9.59 Å². The number of carbonyl (C=O) groups is 2. The molecular weight excluding hydrogens is 200 g/mol. The van der Waals surface area contributed by atoms with E-state index in [0.717, 1.165) is 12.8 Å². The van der Waals surface area contributed by atoms with Gasteiger partial charge in [0.05, 0.1) is 0 Å². The molecular formula is C14H18O2. The van der Waals surface area contributed by atoms with Crippen LogP contribution < -0.4 is 0 Å². The standard InChI is InChI=1S/C14H18O2/c1-8-6-14-10(4-9(8)5-11(14)15)7-13(2,3)12(14)16/h6,9-10H,4-5,7H2,1-3H3/t9-,10-,14-/m1/s1. The molecule has 0 aromatic heterocycles. The molecule has 4 aliphatic rings. The summed E-state index contributed by atoms with van der Waals surface area (Å²) in [6.45, 7) is 6.06. The highest BCUT2D eigenvalue weighted by Crippen LogP contribution is 2.61. The van der Waals surface area contributed by atoms with E-state index in [-0.39, 0.29) is 22.9 Å². The van der Waals surface area contributed by atoms with Crippen LogP contribution >= 0.6 is 0 Å². The number of ketones is 2. The maximum atomic E-state index is 12.5. The Balaban J connectivity index is 2.21. The van der Waals surface area contributed by atoms with Crippen LogP contribution in [-0.4, -0.2) is 11.6 Å². The quantitative estimate of drug-likeness (QED) is 0.462. The van der Waals surface area contributed by atoms with Gasteiger partial charge in [0.25, 0.3) is 0 Å². The smallest absolute Gasteiger partial charge is 0.156 e. The summed E-state index contributed by atoms with van der Waals surface area (Å²) in [5, 5.41) is 0. The van der Waals surface area contributed by atoms with Crippen LogP contribution in [0, 0.1) is 22.7 Å². The zero-order valence-electron chi connectivity index (χ0n) is 10.2. The molecule has 0 radical (unpaired) electrons. The molecule has 1 spiro atoms. The minimum Gasteiger partial charge on any atom is -0.298 e. The highest BCUT2D eigenvalue weighted by molar-refractivity contribution is 6.14. The Labute approximate surface area is 96.1 Å². The van der Waals surface area contributed by atoms with Gasteiger partial charge in [-0.15, -0.1) is 0 Å². The Morgan fingerprint density at radius 3 is 2.69 bits per heavy atom. The van der Waals surface area contributed by atoms with Crippen LogP contribution in [0.15, 0.2) is 11.6 Å². The minimum atomic E-state index is -0.720. The molecule has 0 aromatic rings. The lowest BCUT2D eigenvalue weighted by Crippen LogP contribution is -2.49. The summed E-state index contributed by atoms with van der Waals surface area (Å²) in [5.41, 5.74) is 0.237. The van der Waals surface area contributed by atoms with Crippen molar-refractivity contribution in [2.24, 2.45) is 22.7 Å². The predicted octanol–water partition coefficient (Wildman–Crippen LogP) is 2.53. The average molecular weight is 218 g/mol. The van der Waals surface area contributed by atoms with E-state index in [2.05, 4.69) is 6.92 Å². The first-order valence-corrected chi connectivity index (χ1v) is 6.15. The van der Waals surface area contributed by atoms with Gasteiger partial charge in [-0.05, 0) is 31.6 Å². The van der Waals surface area contributed by atoms with E-state index in [1.165, 1.54) is 5.57 Å². The zero-order valence-corrected chi connectivity index (χ0v) is 10.2. The predicted molar refractivity (Wildman–Crippen MR) is 60.8 cm³/mol. The normalized spacial score (nSPS) is 44.6. The van der Waals surface area contributed by atoms with Crippen molar-refractivity contribution >= 4 is 11.6 Å². The van der Waals surface area contributed by atoms with E-state index in [1.807, 2.05) is 19.9 Å². The highest BCUT2D eigenvalue weighted by atomic mass is 16.2. The summed E-state index contributed by atoms with van der Waals surface area (Å²) in [6.07, 6.45) is 4.54. The van der Waals surface area contributed by atoms with Gasteiger partial charge in [-0.3, -0.25) is 9.59 Å². The molecule has 2 nitrogen and oxygen atoms in total. The van der Waals surface area contributed by atoms with Gasteiger partial charge in [-0.25, -0.2) is 0 Å². The summed E-state index contributed by atoms with van der Waals surface area (Å²) in [5.74, 6) is 1.06. The van der Waals surface area contributed by atoms with Gasteiger partial charge in [-0.1, -0.05) is 25.5 Å². The van der Waals surface area contributed by atoms with Crippen LogP contribution in [0.4, 0.5) is 0 Å². The summed E-state index contributed by atoms with van der Waals surface area (Å²) in [7, 11) is 0. The van der Waals surface area contributed by atoms with Gasteiger partial charge in [0.1, 0.15) is 5.41 Å². The topological polar surface area (TPSA) is 34.1 Å². The largest absolute Gasteiger partial charge is 0.298 e.